The molecule has 0 aliphatic carbocycles. The van der Waals surface area contributed by atoms with Crippen LogP contribution in [0.15, 0.2) is 18.3 Å². The lowest BCUT2D eigenvalue weighted by Crippen LogP contribution is -2.29. The Kier molecular flexibility index (Phi) is 3.27. The highest BCUT2D eigenvalue weighted by atomic mass is 14.9. The molecule has 0 radical (unpaired) electrons. The molecule has 1 N–H and O–H groups in total. The van der Waals surface area contributed by atoms with Gasteiger partial charge in [-0.3, -0.25) is 4.98 Å². The number of hydrogen-bond acceptors (Lipinski definition) is 2. The van der Waals surface area contributed by atoms with Crippen molar-refractivity contribution in [1.82, 2.24) is 10.3 Å². The fourth-order valence-corrected chi connectivity index (χ4v) is 1.75. The number of aryl methyl sites for hydroxylation is 1. The Labute approximate surface area is 86.8 Å². The number of pyridine rings is 1. The topological polar surface area (TPSA) is 24.9 Å². The number of nitrogens with zero attached hydrogens (tertiary/aromatic N) is 1. The minimum Gasteiger partial charge on any atom is -0.313 e. The largest absolute Gasteiger partial charge is 0.313 e. The normalized spacial score (nSPS) is 14.1. The Morgan fingerprint density at radius 2 is 1.93 bits per heavy atom. The van der Waals surface area contributed by atoms with Crippen LogP contribution in [0.3, 0.4) is 0 Å². The quantitative estimate of drug-likeness (QED) is 0.779. The van der Waals surface area contributed by atoms with Gasteiger partial charge in [-0.2, -0.15) is 0 Å². The Morgan fingerprint density at radius 3 is 2.29 bits per heavy atom. The fourth-order valence-electron chi connectivity index (χ4n) is 1.75. The van der Waals surface area contributed by atoms with Crippen molar-refractivity contribution in [3.63, 3.8) is 0 Å². The van der Waals surface area contributed by atoms with E-state index in [2.05, 4.69) is 43.2 Å². The van der Waals surface area contributed by atoms with Crippen LogP contribution in [0, 0.1) is 12.3 Å². The maximum atomic E-state index is 4.32. The number of rotatable bonds is 2. The molecule has 0 saturated heterocycles. The van der Waals surface area contributed by atoms with Gasteiger partial charge in [-0.15, -0.1) is 0 Å². The lowest BCUT2D eigenvalue weighted by Gasteiger charge is -2.30. The maximum Gasteiger partial charge on any atom is 0.0382 e. The lowest BCUT2D eigenvalue weighted by molar-refractivity contribution is 0.286. The van der Waals surface area contributed by atoms with E-state index < -0.39 is 0 Å². The van der Waals surface area contributed by atoms with Gasteiger partial charge in [0.2, 0.25) is 0 Å². The molecule has 14 heavy (non-hydrogen) atoms. The third kappa shape index (κ3) is 2.55. The molecule has 1 heterocycles. The van der Waals surface area contributed by atoms with Crippen LogP contribution in [0.5, 0.6) is 0 Å². The van der Waals surface area contributed by atoms with E-state index in [-0.39, 0.29) is 5.41 Å². The minimum absolute atomic E-state index is 0.214. The van der Waals surface area contributed by atoms with Crippen LogP contribution in [0.1, 0.15) is 38.1 Å². The summed E-state index contributed by atoms with van der Waals surface area (Å²) in [6, 6.07) is 4.57. The molecule has 78 valence electrons. The second-order valence-corrected chi connectivity index (χ2v) is 4.82. The van der Waals surface area contributed by atoms with E-state index in [1.807, 2.05) is 20.2 Å². The van der Waals surface area contributed by atoms with Gasteiger partial charge in [0.05, 0.1) is 0 Å². The van der Waals surface area contributed by atoms with E-state index >= 15 is 0 Å². The predicted octanol–water partition coefficient (Wildman–Crippen LogP) is 2.70. The van der Waals surface area contributed by atoms with Gasteiger partial charge < -0.3 is 5.32 Å². The Balaban J connectivity index is 2.96. The standard InChI is InChI=1S/C12H20N2/c1-9-6-7-10(8-14-9)11(13-5)12(2,3)4/h6-8,11,13H,1-5H3. The Bertz CT molecular complexity index is 282. The molecule has 1 atom stereocenters. The molecule has 0 aliphatic rings. The molecule has 0 amide bonds. The summed E-state index contributed by atoms with van der Waals surface area (Å²) in [5.41, 5.74) is 2.54. The fraction of sp³-hybridized carbons (Fsp3) is 0.583. The highest BCUT2D eigenvalue weighted by Crippen LogP contribution is 2.31. The van der Waals surface area contributed by atoms with E-state index in [9.17, 15) is 0 Å². The van der Waals surface area contributed by atoms with E-state index in [1.165, 1.54) is 5.56 Å². The molecule has 2 heteroatoms. The van der Waals surface area contributed by atoms with Crippen molar-refractivity contribution in [2.45, 2.75) is 33.7 Å². The molecule has 1 aromatic heterocycles. The summed E-state index contributed by atoms with van der Waals surface area (Å²) in [7, 11) is 2.00. The van der Waals surface area contributed by atoms with Gasteiger partial charge in [0.1, 0.15) is 0 Å². The SMILES string of the molecule is CNC(c1ccc(C)nc1)C(C)(C)C. The average molecular weight is 192 g/mol. The van der Waals surface area contributed by atoms with Gasteiger partial charge in [-0.1, -0.05) is 26.8 Å². The Morgan fingerprint density at radius 1 is 1.29 bits per heavy atom. The van der Waals surface area contributed by atoms with Gasteiger partial charge in [0, 0.05) is 17.9 Å². The van der Waals surface area contributed by atoms with Crippen LogP contribution < -0.4 is 5.32 Å². The van der Waals surface area contributed by atoms with Gasteiger partial charge >= 0.3 is 0 Å². The first-order valence-corrected chi connectivity index (χ1v) is 5.05. The zero-order chi connectivity index (χ0) is 10.8. The maximum absolute atomic E-state index is 4.32. The van der Waals surface area contributed by atoms with E-state index in [0.29, 0.717) is 6.04 Å². The van der Waals surface area contributed by atoms with Crippen molar-refractivity contribution in [1.29, 1.82) is 0 Å². The van der Waals surface area contributed by atoms with Crippen LogP contribution >= 0.6 is 0 Å². The number of hydrogen-bond donors (Lipinski definition) is 1. The first kappa shape index (κ1) is 11.2. The smallest absolute Gasteiger partial charge is 0.0382 e. The van der Waals surface area contributed by atoms with Crippen molar-refractivity contribution in [2.75, 3.05) is 7.05 Å². The molecular formula is C12H20N2. The summed E-state index contributed by atoms with van der Waals surface area (Å²) >= 11 is 0. The number of aromatic nitrogens is 1. The zero-order valence-electron chi connectivity index (χ0n) is 9.76. The van der Waals surface area contributed by atoms with E-state index in [4.69, 9.17) is 0 Å². The summed E-state index contributed by atoms with van der Waals surface area (Å²) < 4.78 is 0. The molecule has 2 nitrogen and oxygen atoms in total. The molecule has 0 bridgehead atoms. The van der Waals surface area contributed by atoms with Gasteiger partial charge in [0.15, 0.2) is 0 Å². The van der Waals surface area contributed by atoms with Gasteiger partial charge in [-0.25, -0.2) is 0 Å². The molecule has 1 rings (SSSR count). The molecule has 0 spiro atoms. The lowest BCUT2D eigenvalue weighted by atomic mass is 9.83. The molecule has 1 unspecified atom stereocenters. The molecule has 0 aliphatic heterocycles. The molecule has 0 aromatic carbocycles. The molecular weight excluding hydrogens is 172 g/mol. The van der Waals surface area contributed by atoms with Crippen LogP contribution in [0.2, 0.25) is 0 Å². The van der Waals surface area contributed by atoms with E-state index in [1.54, 1.807) is 0 Å². The second kappa shape index (κ2) is 4.09. The van der Waals surface area contributed by atoms with E-state index in [0.717, 1.165) is 5.69 Å². The zero-order valence-corrected chi connectivity index (χ0v) is 9.76. The predicted molar refractivity (Wildman–Crippen MR) is 60.2 cm³/mol. The minimum atomic E-state index is 0.214. The third-order valence-electron chi connectivity index (χ3n) is 2.42. The first-order chi connectivity index (χ1) is 6.45. The average Bonchev–Trinajstić information content (AvgIpc) is 2.07. The van der Waals surface area contributed by atoms with Crippen LogP contribution in [0.4, 0.5) is 0 Å². The highest BCUT2D eigenvalue weighted by molar-refractivity contribution is 5.18. The summed E-state index contributed by atoms with van der Waals surface area (Å²) in [6.07, 6.45) is 1.96. The monoisotopic (exact) mass is 192 g/mol. The van der Waals surface area contributed by atoms with Crippen molar-refractivity contribution in [3.05, 3.63) is 29.6 Å². The van der Waals surface area contributed by atoms with Crippen molar-refractivity contribution in [2.24, 2.45) is 5.41 Å². The highest BCUT2D eigenvalue weighted by Gasteiger charge is 2.24. The summed E-state index contributed by atoms with van der Waals surface area (Å²) in [6.45, 7) is 8.70. The number of nitrogens with one attached hydrogen (secondary N) is 1. The molecule has 1 aromatic rings. The molecule has 0 saturated carbocycles. The van der Waals surface area contributed by atoms with Gasteiger partial charge in [-0.05, 0) is 31.0 Å². The molecule has 0 fully saturated rings. The first-order valence-electron chi connectivity index (χ1n) is 5.05. The Hall–Kier alpha value is -0.890. The van der Waals surface area contributed by atoms with Crippen molar-refractivity contribution in [3.8, 4) is 0 Å². The summed E-state index contributed by atoms with van der Waals surface area (Å²) in [4.78, 5) is 4.32. The van der Waals surface area contributed by atoms with Crippen LogP contribution in [0.25, 0.3) is 0 Å². The van der Waals surface area contributed by atoms with Crippen LogP contribution in [-0.2, 0) is 0 Å². The van der Waals surface area contributed by atoms with Crippen LogP contribution in [-0.4, -0.2) is 12.0 Å². The van der Waals surface area contributed by atoms with Gasteiger partial charge in [0.25, 0.3) is 0 Å². The van der Waals surface area contributed by atoms with Crippen molar-refractivity contribution >= 4 is 0 Å². The van der Waals surface area contributed by atoms with Crippen molar-refractivity contribution < 1.29 is 0 Å². The second-order valence-electron chi connectivity index (χ2n) is 4.82. The third-order valence-corrected chi connectivity index (χ3v) is 2.42. The summed E-state index contributed by atoms with van der Waals surface area (Å²) in [5, 5.41) is 3.34. The summed E-state index contributed by atoms with van der Waals surface area (Å²) in [5.74, 6) is 0.